The van der Waals surface area contributed by atoms with E-state index in [1.54, 1.807) is 0 Å². The normalized spacial score (nSPS) is 22.0. The molecule has 2 atom stereocenters. The van der Waals surface area contributed by atoms with Gasteiger partial charge in [-0.15, -0.1) is 0 Å². The lowest BCUT2D eigenvalue weighted by Gasteiger charge is -2.26. The average Bonchev–Trinajstić information content (AvgIpc) is 2.97. The Morgan fingerprint density at radius 3 is 2.95 bits per heavy atom. The summed E-state index contributed by atoms with van der Waals surface area (Å²) in [4.78, 5) is 17.7. The third-order valence-corrected chi connectivity index (χ3v) is 4.75. The second-order valence-electron chi connectivity index (χ2n) is 5.46. The highest BCUT2D eigenvalue weighted by molar-refractivity contribution is 7.19. The quantitative estimate of drug-likeness (QED) is 0.915. The minimum Gasteiger partial charge on any atom is -0.314 e. The third-order valence-electron chi connectivity index (χ3n) is 3.79. The lowest BCUT2D eigenvalue weighted by atomic mass is 9.93. The maximum absolute atomic E-state index is 12.3. The third kappa shape index (κ3) is 3.49. The minimum absolute atomic E-state index is 0.0883. The number of aromatic nitrogens is 1. The number of hydrogen-bond acceptors (Lipinski definition) is 4. The van der Waals surface area contributed by atoms with Gasteiger partial charge in [0.2, 0.25) is 5.91 Å². The number of benzene rings is 1. The van der Waals surface area contributed by atoms with Crippen molar-refractivity contribution in [2.75, 3.05) is 11.9 Å². The molecule has 0 saturated carbocycles. The summed E-state index contributed by atoms with van der Waals surface area (Å²) >= 11 is 1.52. The molecule has 21 heavy (non-hydrogen) atoms. The van der Waals surface area contributed by atoms with Crippen molar-refractivity contribution in [3.63, 3.8) is 0 Å². The molecule has 0 bridgehead atoms. The highest BCUT2D eigenvalue weighted by atomic mass is 32.1. The topological polar surface area (TPSA) is 54.0 Å². The van der Waals surface area contributed by atoms with Crippen LogP contribution in [0, 0.1) is 5.92 Å². The Morgan fingerprint density at radius 2 is 2.19 bits per heavy atom. The van der Waals surface area contributed by atoms with Gasteiger partial charge in [0, 0.05) is 18.2 Å². The molecule has 3 rings (SSSR count). The van der Waals surface area contributed by atoms with E-state index in [-0.39, 0.29) is 11.8 Å². The van der Waals surface area contributed by atoms with Gasteiger partial charge in [0.25, 0.3) is 0 Å². The van der Waals surface area contributed by atoms with Crippen molar-refractivity contribution in [1.29, 1.82) is 0 Å². The molecule has 1 saturated heterocycles. The standard InChI is InChI=1S/C16H19N3OS/c1-11-9-13(7-8-17-11)15(20)19-16-18-10-14(21-16)12-5-3-2-4-6-12/h2-6,10-11,13,17H,7-9H2,1H3,(H,18,19,20)/t11-,13-/m0/s1. The first kappa shape index (κ1) is 14.2. The molecule has 1 aliphatic heterocycles. The molecule has 2 heterocycles. The van der Waals surface area contributed by atoms with Crippen LogP contribution in [-0.2, 0) is 4.79 Å². The predicted molar refractivity (Wildman–Crippen MR) is 86.4 cm³/mol. The minimum atomic E-state index is 0.0883. The molecular formula is C16H19N3OS. The van der Waals surface area contributed by atoms with Crippen LogP contribution < -0.4 is 10.6 Å². The van der Waals surface area contributed by atoms with E-state index in [1.807, 2.05) is 36.5 Å². The predicted octanol–water partition coefficient (Wildman–Crippen LogP) is 3.14. The molecule has 0 unspecified atom stereocenters. The number of anilines is 1. The van der Waals surface area contributed by atoms with Gasteiger partial charge in [0.1, 0.15) is 0 Å². The molecule has 1 aromatic carbocycles. The van der Waals surface area contributed by atoms with E-state index in [2.05, 4.69) is 22.5 Å². The number of nitrogens with one attached hydrogen (secondary N) is 2. The molecule has 1 amide bonds. The van der Waals surface area contributed by atoms with Crippen LogP contribution in [0.3, 0.4) is 0 Å². The molecule has 2 N–H and O–H groups in total. The SMILES string of the molecule is C[C@H]1C[C@@H](C(=O)Nc2ncc(-c3ccccc3)s2)CCN1. The van der Waals surface area contributed by atoms with Gasteiger partial charge in [-0.05, 0) is 31.9 Å². The van der Waals surface area contributed by atoms with Crippen LogP contribution in [0.1, 0.15) is 19.8 Å². The Hall–Kier alpha value is -1.72. The van der Waals surface area contributed by atoms with Gasteiger partial charge in [-0.2, -0.15) is 0 Å². The second-order valence-corrected chi connectivity index (χ2v) is 6.49. The highest BCUT2D eigenvalue weighted by Gasteiger charge is 2.25. The highest BCUT2D eigenvalue weighted by Crippen LogP contribution is 2.29. The van der Waals surface area contributed by atoms with Crippen LogP contribution in [0.15, 0.2) is 36.5 Å². The van der Waals surface area contributed by atoms with E-state index in [9.17, 15) is 4.79 Å². The van der Waals surface area contributed by atoms with Crippen LogP contribution in [0.25, 0.3) is 10.4 Å². The first-order chi connectivity index (χ1) is 10.2. The number of hydrogen-bond donors (Lipinski definition) is 2. The van der Waals surface area contributed by atoms with Gasteiger partial charge in [0.15, 0.2) is 5.13 Å². The number of thiazole rings is 1. The number of piperidine rings is 1. The summed E-state index contributed by atoms with van der Waals surface area (Å²) in [5.74, 6) is 0.183. The van der Waals surface area contributed by atoms with Crippen molar-refractivity contribution in [3.05, 3.63) is 36.5 Å². The van der Waals surface area contributed by atoms with Crippen molar-refractivity contribution in [2.24, 2.45) is 5.92 Å². The Balaban J connectivity index is 1.66. The fourth-order valence-electron chi connectivity index (χ4n) is 2.65. The van der Waals surface area contributed by atoms with E-state index >= 15 is 0 Å². The van der Waals surface area contributed by atoms with E-state index in [4.69, 9.17) is 0 Å². The van der Waals surface area contributed by atoms with Crippen molar-refractivity contribution in [2.45, 2.75) is 25.8 Å². The lowest BCUT2D eigenvalue weighted by Crippen LogP contribution is -2.40. The first-order valence-electron chi connectivity index (χ1n) is 7.28. The smallest absolute Gasteiger partial charge is 0.229 e. The molecule has 1 aliphatic rings. The molecule has 110 valence electrons. The van der Waals surface area contributed by atoms with E-state index < -0.39 is 0 Å². The lowest BCUT2D eigenvalue weighted by molar-refractivity contribution is -0.120. The second kappa shape index (κ2) is 6.37. The summed E-state index contributed by atoms with van der Waals surface area (Å²) in [6.45, 7) is 3.03. The van der Waals surface area contributed by atoms with E-state index in [0.29, 0.717) is 11.2 Å². The molecule has 1 fully saturated rings. The summed E-state index contributed by atoms with van der Waals surface area (Å²) in [5.41, 5.74) is 1.13. The van der Waals surface area contributed by atoms with Gasteiger partial charge < -0.3 is 10.6 Å². The number of nitrogens with zero attached hydrogens (tertiary/aromatic N) is 1. The van der Waals surface area contributed by atoms with E-state index in [0.717, 1.165) is 29.8 Å². The van der Waals surface area contributed by atoms with Gasteiger partial charge in [-0.3, -0.25) is 4.79 Å². The number of carbonyl (C=O) groups excluding carboxylic acids is 1. The summed E-state index contributed by atoms with van der Waals surface area (Å²) in [6.07, 6.45) is 3.61. The van der Waals surface area contributed by atoms with Crippen LogP contribution in [0.4, 0.5) is 5.13 Å². The van der Waals surface area contributed by atoms with Crippen LogP contribution in [0.5, 0.6) is 0 Å². The Kier molecular flexibility index (Phi) is 4.31. The molecule has 0 spiro atoms. The average molecular weight is 301 g/mol. The fraction of sp³-hybridized carbons (Fsp3) is 0.375. The zero-order valence-corrected chi connectivity index (χ0v) is 12.8. The summed E-state index contributed by atoms with van der Waals surface area (Å²) in [6, 6.07) is 10.5. The summed E-state index contributed by atoms with van der Waals surface area (Å²) in [7, 11) is 0. The first-order valence-corrected chi connectivity index (χ1v) is 8.09. The summed E-state index contributed by atoms with van der Waals surface area (Å²) in [5, 5.41) is 7.01. The van der Waals surface area contributed by atoms with Gasteiger partial charge in [-0.1, -0.05) is 41.7 Å². The van der Waals surface area contributed by atoms with Crippen molar-refractivity contribution < 1.29 is 4.79 Å². The fourth-order valence-corrected chi connectivity index (χ4v) is 3.47. The maximum Gasteiger partial charge on any atom is 0.229 e. The zero-order chi connectivity index (χ0) is 14.7. The van der Waals surface area contributed by atoms with Crippen LogP contribution in [0.2, 0.25) is 0 Å². The van der Waals surface area contributed by atoms with Crippen LogP contribution in [-0.4, -0.2) is 23.5 Å². The van der Waals surface area contributed by atoms with Gasteiger partial charge in [0.05, 0.1) is 4.88 Å². The van der Waals surface area contributed by atoms with Gasteiger partial charge >= 0.3 is 0 Å². The molecule has 0 radical (unpaired) electrons. The molecular weight excluding hydrogens is 282 g/mol. The molecule has 4 nitrogen and oxygen atoms in total. The van der Waals surface area contributed by atoms with Crippen molar-refractivity contribution in [3.8, 4) is 10.4 Å². The van der Waals surface area contributed by atoms with E-state index in [1.165, 1.54) is 11.3 Å². The molecule has 0 aliphatic carbocycles. The van der Waals surface area contributed by atoms with Crippen molar-refractivity contribution >= 4 is 22.4 Å². The summed E-state index contributed by atoms with van der Waals surface area (Å²) < 4.78 is 0. The number of carbonyl (C=O) groups is 1. The Labute approximate surface area is 128 Å². The Morgan fingerprint density at radius 1 is 1.38 bits per heavy atom. The monoisotopic (exact) mass is 301 g/mol. The molecule has 2 aromatic rings. The molecule has 1 aromatic heterocycles. The van der Waals surface area contributed by atoms with Crippen LogP contribution >= 0.6 is 11.3 Å². The number of amides is 1. The molecule has 5 heteroatoms. The van der Waals surface area contributed by atoms with Gasteiger partial charge in [-0.25, -0.2) is 4.98 Å². The van der Waals surface area contributed by atoms with Crippen molar-refractivity contribution in [1.82, 2.24) is 10.3 Å². The maximum atomic E-state index is 12.3. The largest absolute Gasteiger partial charge is 0.314 e. The number of rotatable bonds is 3. The zero-order valence-electron chi connectivity index (χ0n) is 12.0. The Bertz CT molecular complexity index is 611.